The highest BCUT2D eigenvalue weighted by Crippen LogP contribution is 2.30. The van der Waals surface area contributed by atoms with Crippen molar-refractivity contribution in [2.45, 2.75) is 63.5 Å². The third-order valence-corrected chi connectivity index (χ3v) is 7.57. The molecule has 2 N–H and O–H groups in total. The maximum atomic E-state index is 12.4. The Morgan fingerprint density at radius 1 is 1.07 bits per heavy atom. The topological polar surface area (TPSA) is 102 Å². The summed E-state index contributed by atoms with van der Waals surface area (Å²) in [5, 5.41) is 2.64. The van der Waals surface area contributed by atoms with Crippen molar-refractivity contribution in [1.29, 1.82) is 0 Å². The largest absolute Gasteiger partial charge is 0.448 e. The third-order valence-electron chi connectivity index (χ3n) is 4.67. The van der Waals surface area contributed by atoms with E-state index in [0.717, 1.165) is 25.7 Å². The van der Waals surface area contributed by atoms with Crippen LogP contribution in [0.2, 0.25) is 0 Å². The van der Waals surface area contributed by atoms with E-state index in [2.05, 4.69) is 10.0 Å². The second-order valence-electron chi connectivity index (χ2n) is 7.60. The molecule has 1 heterocycles. The number of sulfonamides is 1. The quantitative estimate of drug-likeness (QED) is 0.629. The lowest BCUT2D eigenvalue weighted by Crippen LogP contribution is -2.30. The summed E-state index contributed by atoms with van der Waals surface area (Å²) in [6.45, 7) is 4.98. The van der Waals surface area contributed by atoms with Gasteiger partial charge in [-0.15, -0.1) is 11.3 Å². The van der Waals surface area contributed by atoms with E-state index < -0.39 is 28.0 Å². The van der Waals surface area contributed by atoms with E-state index in [0.29, 0.717) is 10.6 Å². The zero-order chi connectivity index (χ0) is 21.9. The van der Waals surface area contributed by atoms with Crippen LogP contribution in [0.4, 0.5) is 5.69 Å². The van der Waals surface area contributed by atoms with Gasteiger partial charge in [0.05, 0.1) is 4.90 Å². The molecule has 0 spiro atoms. The molecule has 1 aromatic heterocycles. The molecule has 1 unspecified atom stereocenters. The number of fused-ring (bicyclic) bond motifs is 1. The molecule has 1 amide bonds. The van der Waals surface area contributed by atoms with Gasteiger partial charge in [0, 0.05) is 16.6 Å². The fraction of sp³-hybridized carbons (Fsp3) is 0.429. The second-order valence-corrected chi connectivity index (χ2v) is 10.5. The Labute approximate surface area is 180 Å². The lowest BCUT2D eigenvalue weighted by molar-refractivity contribution is -0.123. The summed E-state index contributed by atoms with van der Waals surface area (Å²) in [5.41, 5.74) is 1.62. The summed E-state index contributed by atoms with van der Waals surface area (Å²) in [7, 11) is -3.60. The van der Waals surface area contributed by atoms with Crippen LogP contribution in [0.1, 0.15) is 53.7 Å². The molecule has 0 bridgehead atoms. The van der Waals surface area contributed by atoms with E-state index in [9.17, 15) is 18.0 Å². The minimum atomic E-state index is -3.60. The van der Waals surface area contributed by atoms with Crippen LogP contribution < -0.4 is 10.0 Å². The van der Waals surface area contributed by atoms with E-state index in [1.807, 2.05) is 6.07 Å². The zero-order valence-corrected chi connectivity index (χ0v) is 18.9. The van der Waals surface area contributed by atoms with Crippen molar-refractivity contribution < 1.29 is 22.7 Å². The molecule has 7 nitrogen and oxygen atoms in total. The summed E-state index contributed by atoms with van der Waals surface area (Å²) >= 11 is 1.44. The fourth-order valence-electron chi connectivity index (χ4n) is 3.20. The van der Waals surface area contributed by atoms with Crippen LogP contribution in [0.25, 0.3) is 0 Å². The summed E-state index contributed by atoms with van der Waals surface area (Å²) in [4.78, 5) is 26.7. The van der Waals surface area contributed by atoms with E-state index in [-0.39, 0.29) is 10.9 Å². The van der Waals surface area contributed by atoms with Gasteiger partial charge in [0.15, 0.2) is 6.10 Å². The van der Waals surface area contributed by atoms with Crippen molar-refractivity contribution in [3.8, 4) is 0 Å². The van der Waals surface area contributed by atoms with Crippen LogP contribution in [0.3, 0.4) is 0 Å². The summed E-state index contributed by atoms with van der Waals surface area (Å²) in [6, 6.07) is 7.46. The van der Waals surface area contributed by atoms with E-state index in [1.54, 1.807) is 13.8 Å². The van der Waals surface area contributed by atoms with Crippen molar-refractivity contribution in [3.05, 3.63) is 45.6 Å². The highest BCUT2D eigenvalue weighted by molar-refractivity contribution is 7.89. The zero-order valence-electron chi connectivity index (χ0n) is 17.2. The van der Waals surface area contributed by atoms with Gasteiger partial charge in [0.25, 0.3) is 5.91 Å². The van der Waals surface area contributed by atoms with Gasteiger partial charge in [-0.3, -0.25) is 4.79 Å². The van der Waals surface area contributed by atoms with E-state index >= 15 is 0 Å². The molecule has 0 radical (unpaired) electrons. The Kier molecular flexibility index (Phi) is 6.95. The molecule has 0 saturated carbocycles. The molecule has 30 heavy (non-hydrogen) atoms. The van der Waals surface area contributed by atoms with E-state index in [4.69, 9.17) is 4.74 Å². The molecular formula is C21H26N2O5S2. The fourth-order valence-corrected chi connectivity index (χ4v) is 5.59. The van der Waals surface area contributed by atoms with Crippen molar-refractivity contribution in [3.63, 3.8) is 0 Å². The minimum Gasteiger partial charge on any atom is -0.448 e. The van der Waals surface area contributed by atoms with Crippen LogP contribution in [0.15, 0.2) is 35.2 Å². The molecule has 9 heteroatoms. The number of benzene rings is 1. The van der Waals surface area contributed by atoms with Crippen LogP contribution >= 0.6 is 11.3 Å². The van der Waals surface area contributed by atoms with Gasteiger partial charge in [-0.2, -0.15) is 0 Å². The Morgan fingerprint density at radius 3 is 2.37 bits per heavy atom. The van der Waals surface area contributed by atoms with Gasteiger partial charge in [0.1, 0.15) is 4.88 Å². The number of esters is 1. The number of amides is 1. The van der Waals surface area contributed by atoms with Crippen molar-refractivity contribution in [1.82, 2.24) is 4.72 Å². The molecule has 0 saturated heterocycles. The Bertz CT molecular complexity index is 1000. The SMILES string of the molecule is CC(C)NS(=O)(=O)c1ccc(NC(=O)C(C)OC(=O)c2cc3c(s2)CCCC3)cc1. The molecule has 162 valence electrons. The maximum Gasteiger partial charge on any atom is 0.349 e. The highest BCUT2D eigenvalue weighted by Gasteiger charge is 2.23. The van der Waals surface area contributed by atoms with Gasteiger partial charge < -0.3 is 10.1 Å². The predicted molar refractivity (Wildman–Crippen MR) is 116 cm³/mol. The van der Waals surface area contributed by atoms with Crippen LogP contribution in [0.5, 0.6) is 0 Å². The Morgan fingerprint density at radius 2 is 1.73 bits per heavy atom. The number of hydrogen-bond acceptors (Lipinski definition) is 6. The smallest absolute Gasteiger partial charge is 0.349 e. The van der Waals surface area contributed by atoms with Gasteiger partial charge in [-0.05, 0) is 82.3 Å². The summed E-state index contributed by atoms with van der Waals surface area (Å²) in [5.74, 6) is -0.987. The molecule has 3 rings (SSSR count). The monoisotopic (exact) mass is 450 g/mol. The number of carbonyl (C=O) groups is 2. The summed E-state index contributed by atoms with van der Waals surface area (Å²) in [6.07, 6.45) is 3.25. The van der Waals surface area contributed by atoms with Gasteiger partial charge >= 0.3 is 5.97 Å². The normalized spacial score (nSPS) is 14.8. The lowest BCUT2D eigenvalue weighted by Gasteiger charge is -2.14. The first-order chi connectivity index (χ1) is 14.2. The average Bonchev–Trinajstić information content (AvgIpc) is 3.11. The molecule has 1 aliphatic rings. The van der Waals surface area contributed by atoms with Gasteiger partial charge in [-0.1, -0.05) is 0 Å². The molecule has 1 aromatic carbocycles. The van der Waals surface area contributed by atoms with Gasteiger partial charge in [-0.25, -0.2) is 17.9 Å². The number of hydrogen-bond donors (Lipinski definition) is 2. The van der Waals surface area contributed by atoms with Crippen LogP contribution in [-0.2, 0) is 32.4 Å². The predicted octanol–water partition coefficient (Wildman–Crippen LogP) is 3.50. The number of anilines is 1. The van der Waals surface area contributed by atoms with Crippen molar-refractivity contribution >= 4 is 38.9 Å². The standard InChI is InChI=1S/C21H26N2O5S2/c1-13(2)23-30(26,27)17-10-8-16(9-11-17)22-20(24)14(3)28-21(25)19-12-15-6-4-5-7-18(15)29-19/h8-14,23H,4-7H2,1-3H3,(H,22,24). The number of nitrogens with one attached hydrogen (secondary N) is 2. The minimum absolute atomic E-state index is 0.107. The van der Waals surface area contributed by atoms with Gasteiger partial charge in [0.2, 0.25) is 10.0 Å². The van der Waals surface area contributed by atoms with Crippen LogP contribution in [-0.4, -0.2) is 32.4 Å². The Balaban J connectivity index is 1.58. The van der Waals surface area contributed by atoms with E-state index in [1.165, 1.54) is 53.0 Å². The number of rotatable bonds is 7. The first kappa shape index (κ1) is 22.5. The number of carbonyl (C=O) groups excluding carboxylic acids is 2. The maximum absolute atomic E-state index is 12.4. The molecular weight excluding hydrogens is 424 g/mol. The third kappa shape index (κ3) is 5.47. The number of ether oxygens (including phenoxy) is 1. The van der Waals surface area contributed by atoms with Crippen molar-refractivity contribution in [2.24, 2.45) is 0 Å². The van der Waals surface area contributed by atoms with Crippen molar-refractivity contribution in [2.75, 3.05) is 5.32 Å². The first-order valence-electron chi connectivity index (χ1n) is 9.91. The number of aryl methyl sites for hydroxylation is 2. The lowest BCUT2D eigenvalue weighted by atomic mass is 9.99. The highest BCUT2D eigenvalue weighted by atomic mass is 32.2. The molecule has 1 aliphatic carbocycles. The molecule has 1 atom stereocenters. The molecule has 0 aliphatic heterocycles. The average molecular weight is 451 g/mol. The molecule has 0 fully saturated rings. The second kappa shape index (κ2) is 9.28. The summed E-state index contributed by atoms with van der Waals surface area (Å²) < 4.78 is 32.1. The first-order valence-corrected chi connectivity index (χ1v) is 12.2. The Hall–Kier alpha value is -2.23. The van der Waals surface area contributed by atoms with Crippen LogP contribution in [0, 0.1) is 0 Å². The molecule has 2 aromatic rings. The number of thiophene rings is 1.